The molecule has 0 saturated heterocycles. The number of aliphatic hydroxyl groups is 3. The van der Waals surface area contributed by atoms with Crippen LogP contribution in [0.25, 0.3) is 0 Å². The van der Waals surface area contributed by atoms with Crippen molar-refractivity contribution in [1.82, 2.24) is 0 Å². The quantitative estimate of drug-likeness (QED) is 0.0217. The maximum atomic E-state index is 12.1. The molecule has 15 nitrogen and oxygen atoms in total. The molecule has 0 aliphatic heterocycles. The van der Waals surface area contributed by atoms with Crippen LogP contribution in [0.5, 0.6) is 0 Å². The predicted molar refractivity (Wildman–Crippen MR) is 242 cm³/mol. The number of unbranched alkanes of at least 4 members (excludes halogenated alkanes) is 28. The average Bonchev–Trinajstić information content (AvgIpc) is 3.24. The number of ether oxygens (including phenoxy) is 2. The topological polar surface area (TPSA) is 225 Å². The average molecular weight is 933 g/mol. The Bertz CT molecular complexity index is 1050. The van der Waals surface area contributed by atoms with Crippen molar-refractivity contribution < 1.29 is 71.4 Å². The first-order valence-corrected chi connectivity index (χ1v) is 27.4. The molecule has 0 aliphatic carbocycles. The maximum Gasteiger partial charge on any atom is 0.472 e. The van der Waals surface area contributed by atoms with Crippen molar-refractivity contribution in [3.63, 3.8) is 0 Å². The molecule has 0 spiro atoms. The molecular weight excluding hydrogens is 842 g/mol. The van der Waals surface area contributed by atoms with E-state index in [2.05, 4.69) is 31.9 Å². The lowest BCUT2D eigenvalue weighted by Crippen LogP contribution is -2.25. The zero-order valence-corrected chi connectivity index (χ0v) is 40.6. The Hall–Kier alpha value is -0.960. The van der Waals surface area contributed by atoms with Crippen molar-refractivity contribution in [1.29, 1.82) is 0 Å². The normalized spacial score (nSPS) is 15.1. The van der Waals surface area contributed by atoms with Gasteiger partial charge in [-0.05, 0) is 12.8 Å². The van der Waals surface area contributed by atoms with Crippen molar-refractivity contribution in [3.05, 3.63) is 0 Å². The zero-order valence-electron chi connectivity index (χ0n) is 38.8. The molecule has 0 aromatic carbocycles. The first-order valence-electron chi connectivity index (χ1n) is 24.4. The number of aliphatic hydroxyl groups excluding tert-OH is 3. The monoisotopic (exact) mass is 933 g/mol. The minimum Gasteiger partial charge on any atom is -0.463 e. The van der Waals surface area contributed by atoms with Crippen LogP contribution in [0.1, 0.15) is 219 Å². The summed E-state index contributed by atoms with van der Waals surface area (Å²) in [7, 11) is -9.55. The summed E-state index contributed by atoms with van der Waals surface area (Å²) < 4.78 is 53.0. The second kappa shape index (κ2) is 42.7. The highest BCUT2D eigenvalue weighted by atomic mass is 31.2. The van der Waals surface area contributed by atoms with E-state index in [-0.39, 0.29) is 12.8 Å². The molecule has 0 rings (SSSR count). The van der Waals surface area contributed by atoms with Gasteiger partial charge in [0.2, 0.25) is 0 Å². The lowest BCUT2D eigenvalue weighted by atomic mass is 10.0. The van der Waals surface area contributed by atoms with Crippen LogP contribution in [0, 0.1) is 0 Å². The van der Waals surface area contributed by atoms with Gasteiger partial charge in [-0.2, -0.15) is 0 Å². The Labute approximate surface area is 375 Å². The van der Waals surface area contributed by atoms with Gasteiger partial charge in [0.25, 0.3) is 0 Å². The van der Waals surface area contributed by atoms with E-state index in [1.807, 2.05) is 0 Å². The van der Waals surface area contributed by atoms with Crippen LogP contribution in [-0.4, -0.2) is 95.0 Å². The van der Waals surface area contributed by atoms with Crippen molar-refractivity contribution in [3.8, 4) is 0 Å². The van der Waals surface area contributed by atoms with E-state index in [1.54, 1.807) is 0 Å². The molecule has 0 heterocycles. The van der Waals surface area contributed by atoms with Crippen LogP contribution in [0.3, 0.4) is 0 Å². The first kappa shape index (κ1) is 61.0. The summed E-state index contributed by atoms with van der Waals surface area (Å²) >= 11 is 0. The molecule has 17 heteroatoms. The van der Waals surface area contributed by atoms with Gasteiger partial charge in [0.05, 0.1) is 26.4 Å². The van der Waals surface area contributed by atoms with Gasteiger partial charge < -0.3 is 34.6 Å². The molecule has 4 unspecified atom stereocenters. The van der Waals surface area contributed by atoms with E-state index < -0.39 is 85.5 Å². The molecule has 0 amide bonds. The van der Waals surface area contributed by atoms with E-state index in [4.69, 9.17) is 9.47 Å². The standard InChI is InChI=1S/C45H90O15P2/c1-3-5-7-9-11-13-15-17-19-21-23-25-27-29-31-33-44(49)55-35-41(46)37-57-61(51,52)59-39-43(48)40-60-62(53,54)58-38-42(47)36-56-45(50)34-32-30-28-26-24-22-20-18-16-14-12-10-8-6-4-2/h41-43,46-48H,3-40H2,1-2H3,(H,51,52)(H,53,54). The number of carbonyl (C=O) groups excluding carboxylic acids is 2. The third-order valence-electron chi connectivity index (χ3n) is 10.6. The second-order valence-corrected chi connectivity index (χ2v) is 19.8. The Morgan fingerprint density at radius 1 is 0.355 bits per heavy atom. The van der Waals surface area contributed by atoms with Crippen molar-refractivity contribution in [2.45, 2.75) is 238 Å². The summed E-state index contributed by atoms with van der Waals surface area (Å²) in [5, 5.41) is 30.0. The number of phosphoric acid groups is 2. The summed E-state index contributed by atoms with van der Waals surface area (Å²) in [4.78, 5) is 43.7. The van der Waals surface area contributed by atoms with Crippen LogP contribution in [0.4, 0.5) is 0 Å². The number of hydrogen-bond donors (Lipinski definition) is 5. The minimum absolute atomic E-state index is 0.203. The molecule has 370 valence electrons. The largest absolute Gasteiger partial charge is 0.472 e. The molecule has 0 aromatic rings. The zero-order chi connectivity index (χ0) is 46.0. The van der Waals surface area contributed by atoms with Crippen LogP contribution < -0.4 is 0 Å². The third-order valence-corrected chi connectivity index (χ3v) is 12.5. The second-order valence-electron chi connectivity index (χ2n) is 16.8. The lowest BCUT2D eigenvalue weighted by molar-refractivity contribution is -0.148. The Morgan fingerprint density at radius 3 is 0.774 bits per heavy atom. The van der Waals surface area contributed by atoms with Crippen LogP contribution in [-0.2, 0) is 46.3 Å². The van der Waals surface area contributed by atoms with Gasteiger partial charge in [-0.3, -0.25) is 27.7 Å². The highest BCUT2D eigenvalue weighted by Crippen LogP contribution is 2.45. The fourth-order valence-corrected chi connectivity index (χ4v) is 8.33. The summed E-state index contributed by atoms with van der Waals surface area (Å²) in [6.07, 6.45) is 32.3. The van der Waals surface area contributed by atoms with Crippen molar-refractivity contribution >= 4 is 27.6 Å². The highest BCUT2D eigenvalue weighted by molar-refractivity contribution is 7.47. The van der Waals surface area contributed by atoms with Gasteiger partial charge in [-0.15, -0.1) is 0 Å². The van der Waals surface area contributed by atoms with Gasteiger partial charge >= 0.3 is 27.6 Å². The smallest absolute Gasteiger partial charge is 0.463 e. The Kier molecular flexibility index (Phi) is 42.0. The van der Waals surface area contributed by atoms with E-state index in [0.717, 1.165) is 38.5 Å². The summed E-state index contributed by atoms with van der Waals surface area (Å²) in [6, 6.07) is 0. The lowest BCUT2D eigenvalue weighted by Gasteiger charge is -2.19. The van der Waals surface area contributed by atoms with E-state index in [1.165, 1.54) is 141 Å². The summed E-state index contributed by atoms with van der Waals surface area (Å²) in [6.45, 7) is 0.469. The van der Waals surface area contributed by atoms with E-state index in [9.17, 15) is 43.8 Å². The molecule has 0 radical (unpaired) electrons. The third kappa shape index (κ3) is 44.3. The van der Waals surface area contributed by atoms with Gasteiger partial charge in [-0.1, -0.05) is 194 Å². The van der Waals surface area contributed by atoms with E-state index >= 15 is 0 Å². The molecule has 0 fully saturated rings. The number of rotatable bonds is 48. The molecule has 0 aromatic heterocycles. The van der Waals surface area contributed by atoms with Gasteiger partial charge in [0.15, 0.2) is 0 Å². The van der Waals surface area contributed by atoms with Gasteiger partial charge in [0.1, 0.15) is 31.5 Å². The first-order chi connectivity index (χ1) is 29.8. The fourth-order valence-electron chi connectivity index (χ4n) is 6.74. The maximum absolute atomic E-state index is 12.1. The van der Waals surface area contributed by atoms with Crippen LogP contribution in [0.2, 0.25) is 0 Å². The molecule has 0 aliphatic rings. The van der Waals surface area contributed by atoms with Gasteiger partial charge in [0, 0.05) is 12.8 Å². The van der Waals surface area contributed by atoms with Crippen molar-refractivity contribution in [2.75, 3.05) is 39.6 Å². The van der Waals surface area contributed by atoms with Crippen LogP contribution in [0.15, 0.2) is 0 Å². The van der Waals surface area contributed by atoms with Crippen LogP contribution >= 0.6 is 15.6 Å². The molecule has 0 bridgehead atoms. The number of carbonyl (C=O) groups is 2. The Morgan fingerprint density at radius 2 is 0.548 bits per heavy atom. The molecular formula is C45H90O15P2. The minimum atomic E-state index is -4.78. The Balaban J connectivity index is 3.85. The molecule has 62 heavy (non-hydrogen) atoms. The number of phosphoric ester groups is 2. The number of hydrogen-bond acceptors (Lipinski definition) is 13. The molecule has 4 atom stereocenters. The fraction of sp³-hybridized carbons (Fsp3) is 0.956. The summed E-state index contributed by atoms with van der Waals surface area (Å²) in [5.41, 5.74) is 0. The summed E-state index contributed by atoms with van der Waals surface area (Å²) in [5.74, 6) is -0.983. The molecule has 0 saturated carbocycles. The SMILES string of the molecule is CCCCCCCCCCCCCCCCCC(=O)OCC(O)COP(=O)(O)OCC(O)COP(=O)(O)OCC(O)COC(=O)CCCCCCCCCCCCCCCCC. The highest BCUT2D eigenvalue weighted by Gasteiger charge is 2.28. The van der Waals surface area contributed by atoms with Crippen molar-refractivity contribution in [2.24, 2.45) is 0 Å². The molecule has 5 N–H and O–H groups in total. The van der Waals surface area contributed by atoms with Gasteiger partial charge in [-0.25, -0.2) is 9.13 Å². The number of esters is 2. The van der Waals surface area contributed by atoms with E-state index in [0.29, 0.717) is 12.8 Å². The predicted octanol–water partition coefficient (Wildman–Crippen LogP) is 10.9.